The normalized spacial score (nSPS) is 15.2. The van der Waals surface area contributed by atoms with Crippen LogP contribution in [0.2, 0.25) is 0 Å². The van der Waals surface area contributed by atoms with Gasteiger partial charge < -0.3 is 0 Å². The molecule has 2 aromatic carbocycles. The van der Waals surface area contributed by atoms with Crippen molar-refractivity contribution in [2.24, 2.45) is 0 Å². The second kappa shape index (κ2) is 6.47. The minimum atomic E-state index is -3.79. The Balaban J connectivity index is 1.85. The summed E-state index contributed by atoms with van der Waals surface area (Å²) >= 11 is 3.25. The Morgan fingerprint density at radius 2 is 1.54 bits per heavy atom. The van der Waals surface area contributed by atoms with E-state index in [9.17, 15) is 16.8 Å². The Morgan fingerprint density at radius 1 is 0.875 bits per heavy atom. The zero-order valence-electron chi connectivity index (χ0n) is 12.4. The van der Waals surface area contributed by atoms with Crippen molar-refractivity contribution in [2.45, 2.75) is 28.7 Å². The van der Waals surface area contributed by atoms with Gasteiger partial charge in [0.05, 0.1) is 15.5 Å². The van der Waals surface area contributed by atoms with Crippen LogP contribution in [0.3, 0.4) is 0 Å². The van der Waals surface area contributed by atoms with Crippen molar-refractivity contribution < 1.29 is 16.8 Å². The Bertz CT molecular complexity index is 953. The molecule has 1 fully saturated rings. The van der Waals surface area contributed by atoms with Crippen LogP contribution in [0.1, 0.15) is 12.8 Å². The minimum Gasteiger partial charge on any atom is -0.280 e. The molecule has 6 nitrogen and oxygen atoms in total. The van der Waals surface area contributed by atoms with E-state index in [1.54, 1.807) is 12.1 Å². The Kier molecular flexibility index (Phi) is 4.69. The van der Waals surface area contributed by atoms with E-state index >= 15 is 0 Å². The average molecular weight is 431 g/mol. The van der Waals surface area contributed by atoms with Crippen molar-refractivity contribution in [1.29, 1.82) is 0 Å². The van der Waals surface area contributed by atoms with Gasteiger partial charge in [-0.3, -0.25) is 4.72 Å². The first-order valence-electron chi connectivity index (χ1n) is 7.17. The number of nitrogens with one attached hydrogen (secondary N) is 2. The van der Waals surface area contributed by atoms with Gasteiger partial charge in [-0.05, 0) is 55.3 Å². The van der Waals surface area contributed by atoms with Crippen LogP contribution in [0.4, 0.5) is 5.69 Å². The summed E-state index contributed by atoms with van der Waals surface area (Å²) < 4.78 is 54.9. The summed E-state index contributed by atoms with van der Waals surface area (Å²) in [6.07, 6.45) is 1.66. The lowest BCUT2D eigenvalue weighted by molar-refractivity contribution is 0.581. The van der Waals surface area contributed by atoms with Gasteiger partial charge in [-0.15, -0.1) is 0 Å². The van der Waals surface area contributed by atoms with E-state index in [0.29, 0.717) is 0 Å². The smallest absolute Gasteiger partial charge is 0.261 e. The van der Waals surface area contributed by atoms with E-state index in [2.05, 4.69) is 25.4 Å². The maximum Gasteiger partial charge on any atom is 0.261 e. The van der Waals surface area contributed by atoms with Gasteiger partial charge in [0.2, 0.25) is 10.0 Å². The third-order valence-electron chi connectivity index (χ3n) is 3.42. The van der Waals surface area contributed by atoms with E-state index in [4.69, 9.17) is 0 Å². The predicted octanol–water partition coefficient (Wildman–Crippen LogP) is 2.69. The quantitative estimate of drug-likeness (QED) is 0.736. The summed E-state index contributed by atoms with van der Waals surface area (Å²) in [7, 11) is -7.43. The van der Waals surface area contributed by atoms with E-state index in [-0.39, 0.29) is 21.5 Å². The van der Waals surface area contributed by atoms with Crippen LogP contribution < -0.4 is 9.44 Å². The molecule has 0 aliphatic heterocycles. The number of halogens is 1. The topological polar surface area (TPSA) is 92.3 Å². The lowest BCUT2D eigenvalue weighted by Gasteiger charge is -2.10. The van der Waals surface area contributed by atoms with Crippen LogP contribution in [0.25, 0.3) is 0 Å². The Labute approximate surface area is 149 Å². The molecule has 3 rings (SSSR count). The highest BCUT2D eigenvalue weighted by molar-refractivity contribution is 9.10. The van der Waals surface area contributed by atoms with E-state index in [1.807, 2.05) is 0 Å². The standard InChI is InChI=1S/C15H15BrN2O4S2/c16-11-4-8-14(9-5-11)23(19,20)18-13-2-1-3-15(10-13)24(21,22)17-12-6-7-12/h1-5,8-10,12,17-18H,6-7H2. The maximum atomic E-state index is 12.4. The fourth-order valence-electron chi connectivity index (χ4n) is 2.04. The summed E-state index contributed by atoms with van der Waals surface area (Å²) in [4.78, 5) is 0.125. The van der Waals surface area contributed by atoms with Gasteiger partial charge in [-0.2, -0.15) is 0 Å². The molecule has 1 aliphatic carbocycles. The SMILES string of the molecule is O=S(=O)(Nc1cccc(S(=O)(=O)NC2CC2)c1)c1ccc(Br)cc1. The fraction of sp³-hybridized carbons (Fsp3) is 0.200. The van der Waals surface area contributed by atoms with Crippen molar-refractivity contribution >= 4 is 41.7 Å². The van der Waals surface area contributed by atoms with Crippen LogP contribution in [0.5, 0.6) is 0 Å². The molecule has 0 radical (unpaired) electrons. The molecule has 1 saturated carbocycles. The molecule has 0 bridgehead atoms. The molecule has 9 heteroatoms. The maximum absolute atomic E-state index is 12.4. The zero-order chi connectivity index (χ0) is 17.4. The van der Waals surface area contributed by atoms with Crippen molar-refractivity contribution in [1.82, 2.24) is 4.72 Å². The molecule has 2 aromatic rings. The molecule has 0 spiro atoms. The fourth-order valence-corrected chi connectivity index (χ4v) is 4.71. The first kappa shape index (κ1) is 17.4. The van der Waals surface area contributed by atoms with Crippen molar-refractivity contribution in [3.63, 3.8) is 0 Å². The second-order valence-corrected chi connectivity index (χ2v) is 9.79. The number of sulfonamides is 2. The highest BCUT2D eigenvalue weighted by atomic mass is 79.9. The first-order valence-corrected chi connectivity index (χ1v) is 10.9. The number of benzene rings is 2. The Morgan fingerprint density at radius 3 is 2.17 bits per heavy atom. The number of hydrogen-bond acceptors (Lipinski definition) is 4. The molecule has 0 amide bonds. The molecule has 2 N–H and O–H groups in total. The van der Waals surface area contributed by atoms with Crippen LogP contribution >= 0.6 is 15.9 Å². The van der Waals surface area contributed by atoms with Gasteiger partial charge in [0, 0.05) is 10.5 Å². The van der Waals surface area contributed by atoms with Crippen LogP contribution in [0, 0.1) is 0 Å². The minimum absolute atomic E-state index is 0.0156. The van der Waals surface area contributed by atoms with Gasteiger partial charge >= 0.3 is 0 Å². The molecule has 128 valence electrons. The highest BCUT2D eigenvalue weighted by Gasteiger charge is 2.28. The van der Waals surface area contributed by atoms with Crippen molar-refractivity contribution in [3.8, 4) is 0 Å². The van der Waals surface area contributed by atoms with Gasteiger partial charge in [0.15, 0.2) is 0 Å². The van der Waals surface area contributed by atoms with Gasteiger partial charge in [0.25, 0.3) is 10.0 Å². The lowest BCUT2D eigenvalue weighted by atomic mass is 10.3. The molecule has 0 aromatic heterocycles. The van der Waals surface area contributed by atoms with Gasteiger partial charge in [-0.25, -0.2) is 21.6 Å². The molecule has 0 atom stereocenters. The van der Waals surface area contributed by atoms with Crippen LogP contribution in [-0.4, -0.2) is 22.9 Å². The molecule has 1 aliphatic rings. The van der Waals surface area contributed by atoms with Crippen molar-refractivity contribution in [2.75, 3.05) is 4.72 Å². The van der Waals surface area contributed by atoms with E-state index in [0.717, 1.165) is 17.3 Å². The molecule has 24 heavy (non-hydrogen) atoms. The zero-order valence-corrected chi connectivity index (χ0v) is 15.7. The summed E-state index contributed by atoms with van der Waals surface area (Å²) in [6.45, 7) is 0. The summed E-state index contributed by atoms with van der Waals surface area (Å²) in [6, 6.07) is 11.9. The van der Waals surface area contributed by atoms with Gasteiger partial charge in [0.1, 0.15) is 0 Å². The summed E-state index contributed by atoms with van der Waals surface area (Å²) in [5.41, 5.74) is 0.191. The summed E-state index contributed by atoms with van der Waals surface area (Å²) in [5.74, 6) is 0. The predicted molar refractivity (Wildman–Crippen MR) is 94.7 cm³/mol. The molecule has 0 heterocycles. The molecule has 0 saturated heterocycles. The first-order chi connectivity index (χ1) is 11.3. The second-order valence-electron chi connectivity index (χ2n) is 5.48. The highest BCUT2D eigenvalue weighted by Crippen LogP contribution is 2.24. The molecule has 0 unspecified atom stereocenters. The van der Waals surface area contributed by atoms with Crippen LogP contribution in [0.15, 0.2) is 62.8 Å². The summed E-state index contributed by atoms with van der Waals surface area (Å²) in [5, 5.41) is 0. The average Bonchev–Trinajstić information content (AvgIpc) is 3.31. The lowest BCUT2D eigenvalue weighted by Crippen LogP contribution is -2.25. The monoisotopic (exact) mass is 430 g/mol. The van der Waals surface area contributed by atoms with Crippen molar-refractivity contribution in [3.05, 3.63) is 53.0 Å². The number of rotatable bonds is 6. The number of anilines is 1. The van der Waals surface area contributed by atoms with E-state index < -0.39 is 20.0 Å². The largest absolute Gasteiger partial charge is 0.280 e. The van der Waals surface area contributed by atoms with Gasteiger partial charge in [-0.1, -0.05) is 22.0 Å². The molecular formula is C15H15BrN2O4S2. The third-order valence-corrected chi connectivity index (χ3v) is 6.86. The Hall–Kier alpha value is -1.42. The number of hydrogen-bond donors (Lipinski definition) is 2. The third kappa shape index (κ3) is 4.15. The molecular weight excluding hydrogens is 416 g/mol. The van der Waals surface area contributed by atoms with E-state index in [1.165, 1.54) is 36.4 Å². The van der Waals surface area contributed by atoms with Crippen LogP contribution in [-0.2, 0) is 20.0 Å².